The summed E-state index contributed by atoms with van der Waals surface area (Å²) in [6.45, 7) is 1.77. The third-order valence-electron chi connectivity index (χ3n) is 5.25. The van der Waals surface area contributed by atoms with Crippen LogP contribution < -0.4 is 0 Å². The van der Waals surface area contributed by atoms with Crippen LogP contribution in [0.4, 0.5) is 9.18 Å². The maximum absolute atomic E-state index is 14.2. The van der Waals surface area contributed by atoms with Crippen LogP contribution in [-0.4, -0.2) is 39.8 Å². The zero-order valence-corrected chi connectivity index (χ0v) is 18.7. The minimum atomic E-state index is -0.676. The lowest BCUT2D eigenvalue weighted by Gasteiger charge is -2.40. The third-order valence-corrected chi connectivity index (χ3v) is 6.88. The summed E-state index contributed by atoms with van der Waals surface area (Å²) >= 11 is 2.37. The zero-order valence-electron chi connectivity index (χ0n) is 16.5. The number of carbonyl (C=O) groups is 1. The third kappa shape index (κ3) is 6.15. The van der Waals surface area contributed by atoms with Crippen molar-refractivity contribution >= 4 is 28.7 Å². The van der Waals surface area contributed by atoms with Crippen molar-refractivity contribution in [1.29, 1.82) is 0 Å². The lowest BCUT2D eigenvalue weighted by atomic mass is 9.98. The van der Waals surface area contributed by atoms with Gasteiger partial charge in [0.15, 0.2) is 0 Å². The van der Waals surface area contributed by atoms with E-state index in [1.54, 1.807) is 0 Å². The van der Waals surface area contributed by atoms with Crippen molar-refractivity contribution in [3.8, 4) is 0 Å². The van der Waals surface area contributed by atoms with Gasteiger partial charge < -0.3 is 9.47 Å². The Morgan fingerprint density at radius 3 is 2.34 bits per heavy atom. The molecule has 0 aliphatic carbocycles. The van der Waals surface area contributed by atoms with E-state index in [9.17, 15) is 9.18 Å². The fraction of sp³-hybridized carbons (Fsp3) is 0.435. The number of amides is 1. The van der Waals surface area contributed by atoms with Crippen LogP contribution in [0.25, 0.3) is 0 Å². The Morgan fingerprint density at radius 1 is 1.14 bits per heavy atom. The summed E-state index contributed by atoms with van der Waals surface area (Å²) in [5.74, 6) is 0. The highest BCUT2D eigenvalue weighted by Gasteiger charge is 2.37. The van der Waals surface area contributed by atoms with Crippen LogP contribution in [0, 0.1) is 0 Å². The Balaban J connectivity index is 1.76. The second-order valence-electron chi connectivity index (χ2n) is 7.35. The van der Waals surface area contributed by atoms with Gasteiger partial charge in [0.1, 0.15) is 13.3 Å². The first kappa shape index (κ1) is 22.0. The number of halogens is 2. The highest BCUT2D eigenvalue weighted by atomic mass is 127. The van der Waals surface area contributed by atoms with E-state index in [1.807, 2.05) is 67.6 Å². The number of carbonyl (C=O) groups excluding carboxylic acids is 1. The molecule has 2 aromatic rings. The maximum Gasteiger partial charge on any atom is 0.410 e. The lowest BCUT2D eigenvalue weighted by molar-refractivity contribution is -0.0803. The van der Waals surface area contributed by atoms with Crippen LogP contribution in [0.1, 0.15) is 30.9 Å². The van der Waals surface area contributed by atoms with Crippen LogP contribution in [0.2, 0.25) is 0 Å². The molecule has 29 heavy (non-hydrogen) atoms. The SMILES string of the molecule is CC1O[C@H]([C@@H](CF)N(Cc2ccccc2)C(=O)OCc2ccccc2)CCC1I. The molecule has 6 heteroatoms. The van der Waals surface area contributed by atoms with Crippen molar-refractivity contribution in [2.45, 2.75) is 55.1 Å². The van der Waals surface area contributed by atoms with E-state index in [1.165, 1.54) is 4.90 Å². The molecule has 1 aliphatic heterocycles. The summed E-state index contributed by atoms with van der Waals surface area (Å²) in [4.78, 5) is 14.5. The molecule has 1 amide bonds. The summed E-state index contributed by atoms with van der Waals surface area (Å²) < 4.78 is 26.2. The molecule has 3 rings (SSSR count). The van der Waals surface area contributed by atoms with E-state index >= 15 is 0 Å². The van der Waals surface area contributed by atoms with Gasteiger partial charge in [0.05, 0.1) is 18.2 Å². The summed E-state index contributed by atoms with van der Waals surface area (Å²) in [5, 5.41) is 0. The smallest absolute Gasteiger partial charge is 0.410 e. The molecular formula is C23H27FINO3. The van der Waals surface area contributed by atoms with Crippen molar-refractivity contribution in [2.75, 3.05) is 6.67 Å². The van der Waals surface area contributed by atoms with Crippen molar-refractivity contribution in [3.05, 3.63) is 71.8 Å². The van der Waals surface area contributed by atoms with E-state index in [2.05, 4.69) is 22.6 Å². The molecule has 2 aromatic carbocycles. The number of hydrogen-bond acceptors (Lipinski definition) is 3. The van der Waals surface area contributed by atoms with Gasteiger partial charge in [-0.15, -0.1) is 0 Å². The zero-order chi connectivity index (χ0) is 20.6. The van der Waals surface area contributed by atoms with Crippen LogP contribution in [-0.2, 0) is 22.6 Å². The highest BCUT2D eigenvalue weighted by Crippen LogP contribution is 2.29. The molecule has 0 saturated carbocycles. The lowest BCUT2D eigenvalue weighted by Crippen LogP contribution is -2.52. The number of nitrogens with zero attached hydrogens (tertiary/aromatic N) is 1. The predicted molar refractivity (Wildman–Crippen MR) is 120 cm³/mol. The first-order chi connectivity index (χ1) is 14.1. The van der Waals surface area contributed by atoms with Gasteiger partial charge in [0.25, 0.3) is 0 Å². The molecule has 4 atom stereocenters. The number of alkyl halides is 2. The van der Waals surface area contributed by atoms with Gasteiger partial charge >= 0.3 is 6.09 Å². The first-order valence-electron chi connectivity index (χ1n) is 9.95. The standard InChI is InChI=1S/C23H27FINO3/c1-17-20(25)12-13-22(29-17)21(14-24)26(15-18-8-4-2-5-9-18)23(27)28-16-19-10-6-3-7-11-19/h2-11,17,20-22H,12-16H2,1H3/t17?,20?,21-,22+/m1/s1. The molecule has 0 N–H and O–H groups in total. The van der Waals surface area contributed by atoms with Gasteiger partial charge in [-0.25, -0.2) is 9.18 Å². The van der Waals surface area contributed by atoms with E-state index in [-0.39, 0.29) is 25.4 Å². The summed E-state index contributed by atoms with van der Waals surface area (Å²) in [5.41, 5.74) is 1.82. The Hall–Kier alpha value is -1.67. The Labute approximate surface area is 185 Å². The molecule has 2 unspecified atom stereocenters. The van der Waals surface area contributed by atoms with Crippen molar-refractivity contribution in [2.24, 2.45) is 0 Å². The number of benzene rings is 2. The monoisotopic (exact) mass is 511 g/mol. The average Bonchev–Trinajstić information content (AvgIpc) is 2.75. The molecule has 0 aromatic heterocycles. The second kappa shape index (κ2) is 10.9. The Morgan fingerprint density at radius 2 is 1.76 bits per heavy atom. The molecule has 156 valence electrons. The van der Waals surface area contributed by atoms with Crippen LogP contribution in [0.3, 0.4) is 0 Å². The van der Waals surface area contributed by atoms with Crippen LogP contribution >= 0.6 is 22.6 Å². The minimum absolute atomic E-state index is 0.0299. The largest absolute Gasteiger partial charge is 0.445 e. The van der Waals surface area contributed by atoms with Crippen molar-refractivity contribution < 1.29 is 18.7 Å². The number of ether oxygens (including phenoxy) is 2. The number of rotatable bonds is 7. The molecule has 0 spiro atoms. The molecule has 0 bridgehead atoms. The molecular weight excluding hydrogens is 484 g/mol. The van der Waals surface area contributed by atoms with Gasteiger partial charge in [-0.3, -0.25) is 4.90 Å². The quantitative estimate of drug-likeness (QED) is 0.362. The van der Waals surface area contributed by atoms with Gasteiger partial charge in [-0.2, -0.15) is 0 Å². The Bertz CT molecular complexity index is 761. The topological polar surface area (TPSA) is 38.8 Å². The molecule has 1 saturated heterocycles. The maximum atomic E-state index is 14.2. The average molecular weight is 511 g/mol. The van der Waals surface area contributed by atoms with Gasteiger partial charge in [0, 0.05) is 10.5 Å². The van der Waals surface area contributed by atoms with E-state index in [4.69, 9.17) is 9.47 Å². The fourth-order valence-electron chi connectivity index (χ4n) is 3.55. The molecule has 1 aliphatic rings. The molecule has 4 nitrogen and oxygen atoms in total. The van der Waals surface area contributed by atoms with Gasteiger partial charge in [0.2, 0.25) is 0 Å². The summed E-state index contributed by atoms with van der Waals surface area (Å²) in [6.07, 6.45) is 0.842. The van der Waals surface area contributed by atoms with E-state index in [0.29, 0.717) is 3.92 Å². The normalized spacial score (nSPS) is 22.7. The van der Waals surface area contributed by atoms with Gasteiger partial charge in [-0.05, 0) is 30.9 Å². The Kier molecular flexibility index (Phi) is 8.29. The minimum Gasteiger partial charge on any atom is -0.445 e. The van der Waals surface area contributed by atoms with Crippen LogP contribution in [0.5, 0.6) is 0 Å². The number of hydrogen-bond donors (Lipinski definition) is 0. The summed E-state index contributed by atoms with van der Waals surface area (Å²) in [6, 6.07) is 18.4. The van der Waals surface area contributed by atoms with Gasteiger partial charge in [-0.1, -0.05) is 83.3 Å². The van der Waals surface area contributed by atoms with E-state index < -0.39 is 18.8 Å². The highest BCUT2D eigenvalue weighted by molar-refractivity contribution is 14.1. The first-order valence-corrected chi connectivity index (χ1v) is 11.2. The second-order valence-corrected chi connectivity index (χ2v) is 8.95. The predicted octanol–water partition coefficient (Wildman–Crippen LogP) is 5.53. The molecule has 1 heterocycles. The van der Waals surface area contributed by atoms with Crippen molar-refractivity contribution in [1.82, 2.24) is 4.90 Å². The summed E-state index contributed by atoms with van der Waals surface area (Å²) in [7, 11) is 0. The molecule has 1 fully saturated rings. The molecule has 0 radical (unpaired) electrons. The van der Waals surface area contributed by atoms with Crippen molar-refractivity contribution in [3.63, 3.8) is 0 Å². The van der Waals surface area contributed by atoms with Crippen LogP contribution in [0.15, 0.2) is 60.7 Å². The fourth-order valence-corrected chi connectivity index (χ4v) is 4.08. The van der Waals surface area contributed by atoms with E-state index in [0.717, 1.165) is 24.0 Å².